The van der Waals surface area contributed by atoms with Crippen LogP contribution in [0.4, 0.5) is 5.82 Å². The van der Waals surface area contributed by atoms with Gasteiger partial charge in [-0.3, -0.25) is 4.98 Å². The van der Waals surface area contributed by atoms with Crippen molar-refractivity contribution < 1.29 is 0 Å². The van der Waals surface area contributed by atoms with Crippen LogP contribution < -0.4 is 5.32 Å². The number of hydrogen-bond acceptors (Lipinski definition) is 4. The zero-order valence-electron chi connectivity index (χ0n) is 11.0. The molecule has 0 bridgehead atoms. The van der Waals surface area contributed by atoms with E-state index in [1.807, 2.05) is 13.2 Å². The minimum absolute atomic E-state index is 0.534. The van der Waals surface area contributed by atoms with E-state index in [0.29, 0.717) is 12.0 Å². The number of aromatic nitrogens is 2. The van der Waals surface area contributed by atoms with E-state index in [9.17, 15) is 0 Å². The third-order valence-electron chi connectivity index (χ3n) is 3.51. The van der Waals surface area contributed by atoms with Crippen LogP contribution in [-0.2, 0) is 0 Å². The summed E-state index contributed by atoms with van der Waals surface area (Å²) in [6, 6.07) is 0.623. The Balaban J connectivity index is 2.10. The zero-order chi connectivity index (χ0) is 12.3. The summed E-state index contributed by atoms with van der Waals surface area (Å²) in [6.07, 6.45) is 6.17. The average molecular weight is 234 g/mol. The second kappa shape index (κ2) is 5.45. The Morgan fingerprint density at radius 3 is 2.94 bits per heavy atom. The molecular formula is C13H22N4. The largest absolute Gasteiger partial charge is 0.372 e. The van der Waals surface area contributed by atoms with E-state index in [-0.39, 0.29) is 0 Å². The second-order valence-corrected chi connectivity index (χ2v) is 5.01. The molecule has 1 fully saturated rings. The molecule has 4 nitrogen and oxygen atoms in total. The molecule has 2 heterocycles. The van der Waals surface area contributed by atoms with Crippen molar-refractivity contribution >= 4 is 5.82 Å². The van der Waals surface area contributed by atoms with Gasteiger partial charge in [-0.05, 0) is 33.2 Å². The van der Waals surface area contributed by atoms with Crippen LogP contribution in [0.25, 0.3) is 0 Å². The lowest BCUT2D eigenvalue weighted by Crippen LogP contribution is -2.39. The minimum Gasteiger partial charge on any atom is -0.372 e. The Morgan fingerprint density at radius 1 is 1.41 bits per heavy atom. The summed E-state index contributed by atoms with van der Waals surface area (Å²) in [6.45, 7) is 6.85. The van der Waals surface area contributed by atoms with Crippen LogP contribution in [-0.4, -0.2) is 41.0 Å². The van der Waals surface area contributed by atoms with Gasteiger partial charge in [0.15, 0.2) is 0 Å². The Morgan fingerprint density at radius 2 is 2.24 bits per heavy atom. The van der Waals surface area contributed by atoms with Gasteiger partial charge in [0.25, 0.3) is 0 Å². The molecule has 94 valence electrons. The first-order valence-electron chi connectivity index (χ1n) is 6.44. The predicted octanol–water partition coefficient (Wildman–Crippen LogP) is 2.11. The van der Waals surface area contributed by atoms with Crippen LogP contribution in [0.2, 0.25) is 0 Å². The molecule has 0 amide bonds. The van der Waals surface area contributed by atoms with Gasteiger partial charge >= 0.3 is 0 Å². The summed E-state index contributed by atoms with van der Waals surface area (Å²) in [4.78, 5) is 11.4. The third kappa shape index (κ3) is 2.94. The lowest BCUT2D eigenvalue weighted by Gasteiger charge is -2.35. The number of nitrogens with one attached hydrogen (secondary N) is 1. The fourth-order valence-electron chi connectivity index (χ4n) is 2.42. The van der Waals surface area contributed by atoms with Crippen molar-refractivity contribution in [2.75, 3.05) is 25.5 Å². The van der Waals surface area contributed by atoms with Gasteiger partial charge in [-0.25, -0.2) is 4.98 Å². The SMILES string of the molecule is CNc1cncc([C@@H]2CCCN(C(C)C)C2)n1. The first-order chi connectivity index (χ1) is 8.20. The second-order valence-electron chi connectivity index (χ2n) is 5.01. The molecule has 1 aliphatic heterocycles. The topological polar surface area (TPSA) is 41.1 Å². The summed E-state index contributed by atoms with van der Waals surface area (Å²) in [7, 11) is 1.88. The standard InChI is InChI=1S/C13H22N4/c1-10(2)17-6-4-5-11(9-17)12-7-15-8-13(14-3)16-12/h7-8,10-11H,4-6,9H2,1-3H3,(H,14,16)/t11-/m1/s1. The average Bonchev–Trinajstić information content (AvgIpc) is 2.39. The van der Waals surface area contributed by atoms with Gasteiger partial charge in [0.1, 0.15) is 5.82 Å². The summed E-state index contributed by atoms with van der Waals surface area (Å²) in [5.41, 5.74) is 1.13. The highest BCUT2D eigenvalue weighted by Crippen LogP contribution is 2.26. The van der Waals surface area contributed by atoms with Gasteiger partial charge in [0.05, 0.1) is 11.9 Å². The van der Waals surface area contributed by atoms with Gasteiger partial charge in [0.2, 0.25) is 0 Å². The van der Waals surface area contributed by atoms with Crippen molar-refractivity contribution in [1.29, 1.82) is 0 Å². The summed E-state index contributed by atoms with van der Waals surface area (Å²) >= 11 is 0. The van der Waals surface area contributed by atoms with Crippen LogP contribution in [0.3, 0.4) is 0 Å². The minimum atomic E-state index is 0.534. The number of likely N-dealkylation sites (tertiary alicyclic amines) is 1. The Bertz CT molecular complexity index is 364. The molecule has 1 aromatic heterocycles. The Kier molecular flexibility index (Phi) is 3.94. The molecule has 4 heteroatoms. The van der Waals surface area contributed by atoms with Crippen molar-refractivity contribution in [3.05, 3.63) is 18.1 Å². The zero-order valence-corrected chi connectivity index (χ0v) is 11.0. The van der Waals surface area contributed by atoms with E-state index >= 15 is 0 Å². The smallest absolute Gasteiger partial charge is 0.144 e. The lowest BCUT2D eigenvalue weighted by atomic mass is 9.94. The molecule has 1 atom stereocenters. The molecule has 1 N–H and O–H groups in total. The number of hydrogen-bond donors (Lipinski definition) is 1. The van der Waals surface area contributed by atoms with Crippen molar-refractivity contribution in [1.82, 2.24) is 14.9 Å². The van der Waals surface area contributed by atoms with E-state index in [0.717, 1.165) is 18.1 Å². The van der Waals surface area contributed by atoms with E-state index in [1.165, 1.54) is 19.4 Å². The van der Waals surface area contributed by atoms with E-state index in [4.69, 9.17) is 0 Å². The molecule has 1 aliphatic rings. The predicted molar refractivity (Wildman–Crippen MR) is 70.3 cm³/mol. The van der Waals surface area contributed by atoms with E-state index in [1.54, 1.807) is 6.20 Å². The van der Waals surface area contributed by atoms with Gasteiger partial charge in [0, 0.05) is 31.7 Å². The van der Waals surface area contributed by atoms with Crippen molar-refractivity contribution in [2.24, 2.45) is 0 Å². The molecular weight excluding hydrogens is 212 g/mol. The molecule has 0 spiro atoms. The van der Waals surface area contributed by atoms with Crippen molar-refractivity contribution in [3.63, 3.8) is 0 Å². The molecule has 17 heavy (non-hydrogen) atoms. The van der Waals surface area contributed by atoms with E-state index < -0.39 is 0 Å². The summed E-state index contributed by atoms with van der Waals surface area (Å²) < 4.78 is 0. The van der Waals surface area contributed by atoms with Crippen LogP contribution in [0, 0.1) is 0 Å². The first kappa shape index (κ1) is 12.3. The molecule has 1 aromatic rings. The fourth-order valence-corrected chi connectivity index (χ4v) is 2.42. The Labute approximate surface area is 103 Å². The molecule has 0 aromatic carbocycles. The van der Waals surface area contributed by atoms with Gasteiger partial charge in [-0.15, -0.1) is 0 Å². The number of nitrogens with zero attached hydrogens (tertiary/aromatic N) is 3. The number of anilines is 1. The number of rotatable bonds is 3. The molecule has 0 unspecified atom stereocenters. The molecule has 0 saturated carbocycles. The van der Waals surface area contributed by atoms with E-state index in [2.05, 4.69) is 34.0 Å². The summed E-state index contributed by atoms with van der Waals surface area (Å²) in [5, 5.41) is 3.05. The molecule has 0 aliphatic carbocycles. The highest BCUT2D eigenvalue weighted by molar-refractivity contribution is 5.31. The molecule has 1 saturated heterocycles. The van der Waals surface area contributed by atoms with Crippen LogP contribution in [0.5, 0.6) is 0 Å². The highest BCUT2D eigenvalue weighted by Gasteiger charge is 2.24. The molecule has 2 rings (SSSR count). The fraction of sp³-hybridized carbons (Fsp3) is 0.692. The lowest BCUT2D eigenvalue weighted by molar-refractivity contribution is 0.166. The van der Waals surface area contributed by atoms with Gasteiger partial charge < -0.3 is 10.2 Å². The van der Waals surface area contributed by atoms with Crippen molar-refractivity contribution in [3.8, 4) is 0 Å². The normalized spacial score (nSPS) is 21.8. The van der Waals surface area contributed by atoms with Crippen molar-refractivity contribution in [2.45, 2.75) is 38.6 Å². The monoisotopic (exact) mass is 234 g/mol. The number of piperidine rings is 1. The van der Waals surface area contributed by atoms with Gasteiger partial charge in [-0.1, -0.05) is 0 Å². The quantitative estimate of drug-likeness (QED) is 0.869. The highest BCUT2D eigenvalue weighted by atomic mass is 15.2. The summed E-state index contributed by atoms with van der Waals surface area (Å²) in [5.74, 6) is 1.40. The molecule has 0 radical (unpaired) electrons. The maximum absolute atomic E-state index is 4.61. The van der Waals surface area contributed by atoms with Crippen LogP contribution in [0.15, 0.2) is 12.4 Å². The maximum atomic E-state index is 4.61. The van der Waals surface area contributed by atoms with Crippen LogP contribution >= 0.6 is 0 Å². The first-order valence-corrected chi connectivity index (χ1v) is 6.44. The Hall–Kier alpha value is -1.16. The van der Waals surface area contributed by atoms with Gasteiger partial charge in [-0.2, -0.15) is 0 Å². The van der Waals surface area contributed by atoms with Crippen LogP contribution in [0.1, 0.15) is 38.3 Å². The third-order valence-corrected chi connectivity index (χ3v) is 3.51. The maximum Gasteiger partial charge on any atom is 0.144 e.